The molecule has 1 aliphatic heterocycles. The molecule has 4 N–H and O–H groups in total. The van der Waals surface area contributed by atoms with Crippen LogP contribution < -0.4 is 10.5 Å². The van der Waals surface area contributed by atoms with Gasteiger partial charge in [-0.3, -0.25) is 4.79 Å². The topological polar surface area (TPSA) is 127 Å². The molecule has 0 bridgehead atoms. The number of benzene rings is 1. The SMILES string of the molecule is NC(=O)O.O=C1NS(=O)(=O)c2ccccc21. The van der Waals surface area contributed by atoms with Gasteiger partial charge in [-0.2, -0.15) is 0 Å². The Hall–Kier alpha value is -2.09. The van der Waals surface area contributed by atoms with Crippen molar-refractivity contribution in [3.8, 4) is 0 Å². The van der Waals surface area contributed by atoms with E-state index in [-0.39, 0.29) is 10.5 Å². The summed E-state index contributed by atoms with van der Waals surface area (Å²) in [6.07, 6.45) is -1.33. The molecule has 1 aliphatic rings. The van der Waals surface area contributed by atoms with Crippen LogP contribution in [0.5, 0.6) is 0 Å². The third-order valence-electron chi connectivity index (χ3n) is 1.65. The van der Waals surface area contributed by atoms with E-state index in [1.165, 1.54) is 12.1 Å². The number of hydrogen-bond donors (Lipinski definition) is 3. The van der Waals surface area contributed by atoms with E-state index in [2.05, 4.69) is 5.73 Å². The van der Waals surface area contributed by atoms with Crippen molar-refractivity contribution >= 4 is 22.0 Å². The van der Waals surface area contributed by atoms with Crippen molar-refractivity contribution in [1.29, 1.82) is 0 Å². The van der Waals surface area contributed by atoms with Crippen LogP contribution in [0, 0.1) is 0 Å². The molecule has 86 valence electrons. The molecule has 0 radical (unpaired) electrons. The van der Waals surface area contributed by atoms with Crippen LogP contribution in [0.4, 0.5) is 4.79 Å². The Morgan fingerprint density at radius 1 is 1.31 bits per heavy atom. The summed E-state index contributed by atoms with van der Waals surface area (Å²) in [7, 11) is -3.55. The standard InChI is InChI=1S/C7H5NO3S.CH3NO2/c9-7-5-3-1-2-4-6(5)12(10,11)8-7;2-1(3)4/h1-4H,(H,8,9);2H2,(H,3,4). The Bertz CT molecular complexity index is 533. The summed E-state index contributed by atoms with van der Waals surface area (Å²) in [4.78, 5) is 19.8. The van der Waals surface area contributed by atoms with Gasteiger partial charge in [-0.25, -0.2) is 17.9 Å². The first-order valence-electron chi connectivity index (χ1n) is 3.99. The van der Waals surface area contributed by atoms with Crippen molar-refractivity contribution in [2.24, 2.45) is 5.73 Å². The van der Waals surface area contributed by atoms with Gasteiger partial charge in [0.15, 0.2) is 0 Å². The highest BCUT2D eigenvalue weighted by Crippen LogP contribution is 2.20. The summed E-state index contributed by atoms with van der Waals surface area (Å²) >= 11 is 0. The highest BCUT2D eigenvalue weighted by atomic mass is 32.2. The van der Waals surface area contributed by atoms with E-state index in [1.54, 1.807) is 12.1 Å². The number of nitrogens with two attached hydrogens (primary N) is 1. The first-order valence-corrected chi connectivity index (χ1v) is 5.47. The summed E-state index contributed by atoms with van der Waals surface area (Å²) in [5, 5.41) is 7.19. The molecule has 7 nitrogen and oxygen atoms in total. The van der Waals surface area contributed by atoms with Crippen LogP contribution in [0.1, 0.15) is 10.4 Å². The Balaban J connectivity index is 0.000000280. The molecule has 0 unspecified atom stereocenters. The van der Waals surface area contributed by atoms with Crippen LogP contribution in [-0.2, 0) is 10.0 Å². The summed E-state index contributed by atoms with van der Waals surface area (Å²) in [5.41, 5.74) is 4.25. The van der Waals surface area contributed by atoms with Crippen molar-refractivity contribution in [3.63, 3.8) is 0 Å². The van der Waals surface area contributed by atoms with Gasteiger partial charge in [0.05, 0.1) is 5.56 Å². The summed E-state index contributed by atoms with van der Waals surface area (Å²) < 4.78 is 24.2. The lowest BCUT2D eigenvalue weighted by molar-refractivity contribution is 0.0985. The van der Waals surface area contributed by atoms with Crippen molar-refractivity contribution in [2.45, 2.75) is 4.90 Å². The molecular weight excluding hydrogens is 236 g/mol. The molecule has 0 aliphatic carbocycles. The minimum absolute atomic E-state index is 0.0648. The molecule has 1 heterocycles. The second kappa shape index (κ2) is 4.19. The predicted octanol–water partition coefficient (Wildman–Crippen LogP) is -0.258. The van der Waals surface area contributed by atoms with Crippen LogP contribution in [0.25, 0.3) is 0 Å². The highest BCUT2D eigenvalue weighted by molar-refractivity contribution is 7.90. The number of carboxylic acid groups (broad SMARTS) is 1. The lowest BCUT2D eigenvalue weighted by Gasteiger charge is -1.91. The van der Waals surface area contributed by atoms with E-state index in [0.29, 0.717) is 0 Å². The fourth-order valence-corrected chi connectivity index (χ4v) is 2.29. The molecule has 0 spiro atoms. The van der Waals surface area contributed by atoms with Crippen LogP contribution in [-0.4, -0.2) is 25.5 Å². The third-order valence-corrected chi connectivity index (χ3v) is 3.04. The second-order valence-electron chi connectivity index (χ2n) is 2.77. The zero-order valence-corrected chi connectivity index (χ0v) is 8.69. The maximum absolute atomic E-state index is 11.1. The van der Waals surface area contributed by atoms with Crippen molar-refractivity contribution in [3.05, 3.63) is 29.8 Å². The first kappa shape index (κ1) is 12.0. The van der Waals surface area contributed by atoms with Crippen molar-refractivity contribution < 1.29 is 23.1 Å². The average Bonchev–Trinajstić information content (AvgIpc) is 2.38. The normalized spacial score (nSPS) is 15.4. The molecule has 1 aromatic carbocycles. The van der Waals surface area contributed by atoms with Crippen molar-refractivity contribution in [2.75, 3.05) is 0 Å². The number of sulfonamides is 1. The van der Waals surface area contributed by atoms with E-state index in [0.717, 1.165) is 0 Å². The number of rotatable bonds is 0. The molecule has 0 atom stereocenters. The number of carbonyl (C=O) groups excluding carboxylic acids is 1. The van der Waals surface area contributed by atoms with Gasteiger partial charge in [0.25, 0.3) is 15.9 Å². The minimum Gasteiger partial charge on any atom is -0.465 e. The Morgan fingerprint density at radius 2 is 1.81 bits per heavy atom. The fraction of sp³-hybridized carbons (Fsp3) is 0. The molecule has 16 heavy (non-hydrogen) atoms. The molecule has 8 heteroatoms. The van der Waals surface area contributed by atoms with Crippen molar-refractivity contribution in [1.82, 2.24) is 4.72 Å². The lowest BCUT2D eigenvalue weighted by Crippen LogP contribution is -2.20. The monoisotopic (exact) mass is 244 g/mol. The smallest absolute Gasteiger partial charge is 0.402 e. The van der Waals surface area contributed by atoms with Crippen LogP contribution >= 0.6 is 0 Å². The Kier molecular flexibility index (Phi) is 3.14. The zero-order chi connectivity index (χ0) is 12.3. The number of fused-ring (bicyclic) bond motifs is 1. The van der Waals surface area contributed by atoms with Gasteiger partial charge in [-0.05, 0) is 12.1 Å². The van der Waals surface area contributed by atoms with Crippen LogP contribution in [0.15, 0.2) is 29.2 Å². The summed E-state index contributed by atoms with van der Waals surface area (Å²) in [5.74, 6) is -0.550. The van der Waals surface area contributed by atoms with E-state index < -0.39 is 22.0 Å². The average molecular weight is 244 g/mol. The largest absolute Gasteiger partial charge is 0.465 e. The molecule has 0 saturated heterocycles. The third kappa shape index (κ3) is 2.48. The zero-order valence-electron chi connectivity index (χ0n) is 7.88. The molecular formula is C8H8N2O5S. The minimum atomic E-state index is -3.55. The first-order chi connectivity index (χ1) is 7.34. The fourth-order valence-electron chi connectivity index (χ4n) is 1.12. The van der Waals surface area contributed by atoms with Gasteiger partial charge in [0.2, 0.25) is 0 Å². The van der Waals surface area contributed by atoms with E-state index in [4.69, 9.17) is 9.90 Å². The van der Waals surface area contributed by atoms with Gasteiger partial charge in [-0.1, -0.05) is 12.1 Å². The van der Waals surface area contributed by atoms with Gasteiger partial charge < -0.3 is 10.8 Å². The molecule has 2 rings (SSSR count). The van der Waals surface area contributed by atoms with E-state index in [1.807, 2.05) is 4.72 Å². The number of hydrogen-bond acceptors (Lipinski definition) is 4. The molecule has 0 fully saturated rings. The molecule has 2 amide bonds. The molecule has 1 aromatic rings. The Morgan fingerprint density at radius 3 is 2.31 bits per heavy atom. The second-order valence-corrected chi connectivity index (χ2v) is 4.42. The van der Waals surface area contributed by atoms with Crippen LogP contribution in [0.3, 0.4) is 0 Å². The van der Waals surface area contributed by atoms with E-state index >= 15 is 0 Å². The molecule has 0 aromatic heterocycles. The predicted molar refractivity (Wildman–Crippen MR) is 53.3 cm³/mol. The Labute approximate surface area is 90.9 Å². The quantitative estimate of drug-likeness (QED) is 0.579. The van der Waals surface area contributed by atoms with Gasteiger partial charge in [0.1, 0.15) is 4.90 Å². The molecule has 0 saturated carbocycles. The highest BCUT2D eigenvalue weighted by Gasteiger charge is 2.31. The van der Waals surface area contributed by atoms with Crippen LogP contribution in [0.2, 0.25) is 0 Å². The summed E-state index contributed by atoms with van der Waals surface area (Å²) in [6.45, 7) is 0. The van der Waals surface area contributed by atoms with Gasteiger partial charge >= 0.3 is 6.09 Å². The summed E-state index contributed by atoms with van der Waals surface area (Å²) in [6, 6.07) is 6.09. The number of primary amides is 1. The lowest BCUT2D eigenvalue weighted by atomic mass is 10.2. The van der Waals surface area contributed by atoms with Gasteiger partial charge in [0, 0.05) is 0 Å². The maximum Gasteiger partial charge on any atom is 0.402 e. The number of nitrogens with one attached hydrogen (secondary N) is 1. The number of carbonyl (C=O) groups is 2. The van der Waals surface area contributed by atoms with Gasteiger partial charge in [-0.15, -0.1) is 0 Å². The maximum atomic E-state index is 11.1. The number of amides is 2. The van der Waals surface area contributed by atoms with E-state index in [9.17, 15) is 13.2 Å².